The standard InChI is InChI=1S/C19H27N3O3/c1-19(12-20,14-5-6-14)22-18(24)3-2-10-25-15-7-8-16-13(11-15)4-9-17(23)21-16/h7-8,11,14H,2-6,9-10,12,20H2,1H3,(H,21,23)(H,22,24). The number of aryl methyl sites for hydroxylation is 1. The zero-order valence-electron chi connectivity index (χ0n) is 14.8. The molecule has 4 N–H and O–H groups in total. The first-order valence-electron chi connectivity index (χ1n) is 9.07. The Morgan fingerprint density at radius 2 is 2.20 bits per heavy atom. The Balaban J connectivity index is 1.41. The molecule has 6 nitrogen and oxygen atoms in total. The van der Waals surface area contributed by atoms with E-state index in [1.807, 2.05) is 25.1 Å². The van der Waals surface area contributed by atoms with Gasteiger partial charge in [-0.15, -0.1) is 0 Å². The van der Waals surface area contributed by atoms with Crippen molar-refractivity contribution in [3.8, 4) is 5.75 Å². The van der Waals surface area contributed by atoms with Crippen LogP contribution in [0.2, 0.25) is 0 Å². The number of benzene rings is 1. The maximum absolute atomic E-state index is 12.1. The van der Waals surface area contributed by atoms with Crippen LogP contribution in [0, 0.1) is 5.92 Å². The summed E-state index contributed by atoms with van der Waals surface area (Å²) in [4.78, 5) is 23.5. The van der Waals surface area contributed by atoms with E-state index in [-0.39, 0.29) is 17.4 Å². The van der Waals surface area contributed by atoms with E-state index in [1.54, 1.807) is 0 Å². The van der Waals surface area contributed by atoms with E-state index in [0.717, 1.165) is 36.3 Å². The summed E-state index contributed by atoms with van der Waals surface area (Å²) < 4.78 is 5.75. The van der Waals surface area contributed by atoms with Crippen LogP contribution in [0.15, 0.2) is 18.2 Å². The van der Waals surface area contributed by atoms with Crippen LogP contribution < -0.4 is 21.1 Å². The molecule has 1 heterocycles. The van der Waals surface area contributed by atoms with Crippen LogP contribution in [0.5, 0.6) is 5.75 Å². The minimum atomic E-state index is -0.263. The first-order valence-corrected chi connectivity index (χ1v) is 9.07. The molecule has 2 amide bonds. The van der Waals surface area contributed by atoms with Crippen molar-refractivity contribution >= 4 is 17.5 Å². The summed E-state index contributed by atoms with van der Waals surface area (Å²) in [6, 6.07) is 5.69. The Kier molecular flexibility index (Phi) is 5.27. The molecule has 0 spiro atoms. The second kappa shape index (κ2) is 7.44. The third kappa shape index (κ3) is 4.51. The van der Waals surface area contributed by atoms with E-state index in [2.05, 4.69) is 10.6 Å². The van der Waals surface area contributed by atoms with Gasteiger partial charge in [0.25, 0.3) is 0 Å². The van der Waals surface area contributed by atoms with Crippen molar-refractivity contribution in [3.63, 3.8) is 0 Å². The van der Waals surface area contributed by atoms with Crippen molar-refractivity contribution in [2.75, 3.05) is 18.5 Å². The van der Waals surface area contributed by atoms with Crippen LogP contribution in [0.3, 0.4) is 0 Å². The molecule has 0 radical (unpaired) electrons. The van der Waals surface area contributed by atoms with Gasteiger partial charge in [-0.25, -0.2) is 0 Å². The first-order chi connectivity index (χ1) is 12.0. The average Bonchev–Trinajstić information content (AvgIpc) is 3.44. The van der Waals surface area contributed by atoms with Crippen molar-refractivity contribution in [1.82, 2.24) is 5.32 Å². The predicted octanol–water partition coefficient (Wildman–Crippen LogP) is 1.97. The summed E-state index contributed by atoms with van der Waals surface area (Å²) in [6.07, 6.45) is 4.64. The van der Waals surface area contributed by atoms with Gasteiger partial charge in [0, 0.05) is 25.1 Å². The van der Waals surface area contributed by atoms with Gasteiger partial charge in [-0.1, -0.05) is 0 Å². The second-order valence-electron chi connectivity index (χ2n) is 7.26. The highest BCUT2D eigenvalue weighted by molar-refractivity contribution is 5.94. The number of amides is 2. The molecule has 136 valence electrons. The third-order valence-corrected chi connectivity index (χ3v) is 5.12. The van der Waals surface area contributed by atoms with Crippen LogP contribution in [0.4, 0.5) is 5.69 Å². The van der Waals surface area contributed by atoms with Crippen LogP contribution in [0.1, 0.15) is 44.6 Å². The van der Waals surface area contributed by atoms with E-state index in [9.17, 15) is 9.59 Å². The number of fused-ring (bicyclic) bond motifs is 1. The Morgan fingerprint density at radius 1 is 1.40 bits per heavy atom. The van der Waals surface area contributed by atoms with Crippen LogP contribution in [-0.2, 0) is 16.0 Å². The molecular formula is C19H27N3O3. The molecule has 0 saturated heterocycles. The predicted molar refractivity (Wildman–Crippen MR) is 96.4 cm³/mol. The van der Waals surface area contributed by atoms with Gasteiger partial charge in [0.1, 0.15) is 5.75 Å². The maximum Gasteiger partial charge on any atom is 0.224 e. The topological polar surface area (TPSA) is 93.4 Å². The van der Waals surface area contributed by atoms with Crippen LogP contribution in [-0.4, -0.2) is 30.5 Å². The fraction of sp³-hybridized carbons (Fsp3) is 0.579. The van der Waals surface area contributed by atoms with Gasteiger partial charge in [0.2, 0.25) is 11.8 Å². The smallest absolute Gasteiger partial charge is 0.224 e. The summed E-state index contributed by atoms with van der Waals surface area (Å²) in [5, 5.41) is 5.94. The molecule has 1 atom stereocenters. The number of nitrogens with two attached hydrogens (primary N) is 1. The Bertz CT molecular complexity index is 657. The van der Waals surface area contributed by atoms with Gasteiger partial charge in [-0.05, 0) is 62.3 Å². The molecule has 0 bridgehead atoms. The lowest BCUT2D eigenvalue weighted by atomic mass is 9.95. The van der Waals surface area contributed by atoms with Gasteiger partial charge >= 0.3 is 0 Å². The van der Waals surface area contributed by atoms with E-state index >= 15 is 0 Å². The lowest BCUT2D eigenvalue weighted by molar-refractivity contribution is -0.123. The number of nitrogens with one attached hydrogen (secondary N) is 2. The molecule has 1 aliphatic carbocycles. The number of anilines is 1. The summed E-state index contributed by atoms with van der Waals surface area (Å²) >= 11 is 0. The van der Waals surface area contributed by atoms with Crippen LogP contribution >= 0.6 is 0 Å². The second-order valence-corrected chi connectivity index (χ2v) is 7.26. The van der Waals surface area contributed by atoms with E-state index < -0.39 is 0 Å². The van der Waals surface area contributed by atoms with Gasteiger partial charge in [-0.2, -0.15) is 0 Å². The van der Waals surface area contributed by atoms with E-state index in [0.29, 0.717) is 38.3 Å². The molecule has 2 aliphatic rings. The molecule has 25 heavy (non-hydrogen) atoms. The average molecular weight is 345 g/mol. The first kappa shape index (κ1) is 17.7. The zero-order chi connectivity index (χ0) is 17.9. The number of rotatable bonds is 8. The highest BCUT2D eigenvalue weighted by Crippen LogP contribution is 2.39. The molecule has 1 aromatic rings. The van der Waals surface area contributed by atoms with Crippen LogP contribution in [0.25, 0.3) is 0 Å². The number of hydrogen-bond donors (Lipinski definition) is 3. The Labute approximate surface area is 148 Å². The molecule has 3 rings (SSSR count). The quantitative estimate of drug-likeness (QED) is 0.628. The summed E-state index contributed by atoms with van der Waals surface area (Å²) in [5.74, 6) is 1.40. The number of hydrogen-bond acceptors (Lipinski definition) is 4. The van der Waals surface area contributed by atoms with Gasteiger partial charge in [0.05, 0.1) is 12.1 Å². The van der Waals surface area contributed by atoms with Crippen molar-refractivity contribution < 1.29 is 14.3 Å². The van der Waals surface area contributed by atoms with E-state index in [4.69, 9.17) is 10.5 Å². The van der Waals surface area contributed by atoms with Crippen molar-refractivity contribution in [2.45, 2.75) is 51.0 Å². The van der Waals surface area contributed by atoms with E-state index in [1.165, 1.54) is 0 Å². The fourth-order valence-corrected chi connectivity index (χ4v) is 3.29. The molecule has 1 saturated carbocycles. The lowest BCUT2D eigenvalue weighted by Gasteiger charge is -2.29. The van der Waals surface area contributed by atoms with Crippen molar-refractivity contribution in [3.05, 3.63) is 23.8 Å². The molecule has 1 aliphatic heterocycles. The maximum atomic E-state index is 12.1. The lowest BCUT2D eigenvalue weighted by Crippen LogP contribution is -2.53. The highest BCUT2D eigenvalue weighted by Gasteiger charge is 2.41. The molecule has 1 aromatic carbocycles. The summed E-state index contributed by atoms with van der Waals surface area (Å²) in [6.45, 7) is 3.00. The SMILES string of the molecule is CC(CN)(NC(=O)CCCOc1ccc2c(c1)CCC(=O)N2)C1CC1. The van der Waals surface area contributed by atoms with Crippen molar-refractivity contribution in [1.29, 1.82) is 0 Å². The third-order valence-electron chi connectivity index (χ3n) is 5.12. The minimum Gasteiger partial charge on any atom is -0.494 e. The van der Waals surface area contributed by atoms with Gasteiger partial charge in [-0.3, -0.25) is 9.59 Å². The zero-order valence-corrected chi connectivity index (χ0v) is 14.8. The largest absolute Gasteiger partial charge is 0.494 e. The molecule has 1 unspecified atom stereocenters. The molecule has 1 fully saturated rings. The monoisotopic (exact) mass is 345 g/mol. The van der Waals surface area contributed by atoms with Gasteiger partial charge in [0.15, 0.2) is 0 Å². The number of carbonyl (C=O) groups excluding carboxylic acids is 2. The Hall–Kier alpha value is -2.08. The van der Waals surface area contributed by atoms with Crippen molar-refractivity contribution in [2.24, 2.45) is 11.7 Å². The summed E-state index contributed by atoms with van der Waals surface area (Å²) in [7, 11) is 0. The molecule has 0 aromatic heterocycles. The normalized spacial score (nSPS) is 18.7. The highest BCUT2D eigenvalue weighted by atomic mass is 16.5. The number of ether oxygens (including phenoxy) is 1. The Morgan fingerprint density at radius 3 is 2.92 bits per heavy atom. The fourth-order valence-electron chi connectivity index (χ4n) is 3.29. The minimum absolute atomic E-state index is 0.0385. The number of carbonyl (C=O) groups is 2. The summed E-state index contributed by atoms with van der Waals surface area (Å²) in [5.41, 5.74) is 7.52. The van der Waals surface area contributed by atoms with Gasteiger partial charge < -0.3 is 21.1 Å². The molecule has 6 heteroatoms. The molecular weight excluding hydrogens is 318 g/mol.